The maximum absolute atomic E-state index is 5.70. The van der Waals surface area contributed by atoms with Crippen LogP contribution in [0.4, 0.5) is 0 Å². The SMILES string of the molecule is C=CCOc1ccccc1CNC(=NC)NCc1ccc(-n2ccnc2C)nc1.I. The standard InChI is InChI=1S/C22H26N6O.HI/c1-4-13-29-20-8-6-5-7-19(20)16-27-22(23-3)26-15-18-9-10-21(25-14-18)28-12-11-24-17(28)2;/h4-12,14H,1,13,15-16H2,2-3H3,(H2,23,26,27);1H. The molecule has 0 radical (unpaired) electrons. The molecule has 0 aliphatic rings. The third-order valence-corrected chi connectivity index (χ3v) is 4.34. The maximum Gasteiger partial charge on any atom is 0.191 e. The monoisotopic (exact) mass is 518 g/mol. The van der Waals surface area contributed by atoms with Gasteiger partial charge in [0.15, 0.2) is 5.96 Å². The summed E-state index contributed by atoms with van der Waals surface area (Å²) in [4.78, 5) is 13.0. The summed E-state index contributed by atoms with van der Waals surface area (Å²) in [6.07, 6.45) is 7.26. The van der Waals surface area contributed by atoms with Crippen LogP contribution in [0, 0.1) is 6.92 Å². The highest BCUT2D eigenvalue weighted by Crippen LogP contribution is 2.17. The van der Waals surface area contributed by atoms with Crippen molar-refractivity contribution in [3.8, 4) is 11.6 Å². The van der Waals surface area contributed by atoms with Crippen molar-refractivity contribution in [1.29, 1.82) is 0 Å². The number of nitrogens with one attached hydrogen (secondary N) is 2. The Morgan fingerprint density at radius 3 is 2.63 bits per heavy atom. The Kier molecular flexibility index (Phi) is 9.33. The average molecular weight is 518 g/mol. The molecule has 3 rings (SSSR count). The number of halogens is 1. The number of imidazole rings is 1. The van der Waals surface area contributed by atoms with E-state index < -0.39 is 0 Å². The summed E-state index contributed by atoms with van der Waals surface area (Å²) in [6.45, 7) is 7.34. The summed E-state index contributed by atoms with van der Waals surface area (Å²) in [5.41, 5.74) is 2.11. The highest BCUT2D eigenvalue weighted by molar-refractivity contribution is 14.0. The molecule has 0 atom stereocenters. The Bertz CT molecular complexity index is 968. The van der Waals surface area contributed by atoms with E-state index in [9.17, 15) is 0 Å². The second-order valence-corrected chi connectivity index (χ2v) is 6.36. The first kappa shape index (κ1) is 23.4. The topological polar surface area (TPSA) is 76.4 Å². The number of hydrogen-bond acceptors (Lipinski definition) is 4. The van der Waals surface area contributed by atoms with Crippen molar-refractivity contribution in [2.45, 2.75) is 20.0 Å². The third-order valence-electron chi connectivity index (χ3n) is 4.34. The van der Waals surface area contributed by atoms with E-state index in [4.69, 9.17) is 4.74 Å². The summed E-state index contributed by atoms with van der Waals surface area (Å²) in [5.74, 6) is 3.30. The fourth-order valence-electron chi connectivity index (χ4n) is 2.81. The van der Waals surface area contributed by atoms with Crippen LogP contribution in [-0.4, -0.2) is 34.1 Å². The zero-order valence-corrected chi connectivity index (χ0v) is 19.5. The zero-order valence-electron chi connectivity index (χ0n) is 17.2. The van der Waals surface area contributed by atoms with Gasteiger partial charge in [0.1, 0.15) is 24.0 Å². The molecule has 30 heavy (non-hydrogen) atoms. The molecule has 0 unspecified atom stereocenters. The maximum atomic E-state index is 5.70. The first-order valence-corrected chi connectivity index (χ1v) is 9.42. The number of hydrogen-bond donors (Lipinski definition) is 2. The van der Waals surface area contributed by atoms with Gasteiger partial charge in [-0.1, -0.05) is 36.9 Å². The number of ether oxygens (including phenoxy) is 1. The Balaban J connectivity index is 0.00000320. The van der Waals surface area contributed by atoms with Crippen molar-refractivity contribution in [1.82, 2.24) is 25.2 Å². The molecule has 7 nitrogen and oxygen atoms in total. The van der Waals surface area contributed by atoms with Crippen molar-refractivity contribution in [2.75, 3.05) is 13.7 Å². The van der Waals surface area contributed by atoms with Crippen molar-refractivity contribution in [3.05, 3.63) is 84.6 Å². The van der Waals surface area contributed by atoms with E-state index in [1.165, 1.54) is 0 Å². The molecule has 0 fully saturated rings. The molecule has 0 aliphatic heterocycles. The zero-order chi connectivity index (χ0) is 20.5. The Morgan fingerprint density at radius 1 is 1.17 bits per heavy atom. The molecular weight excluding hydrogens is 491 g/mol. The van der Waals surface area contributed by atoms with Gasteiger partial charge >= 0.3 is 0 Å². The molecule has 2 N–H and O–H groups in total. The number of aromatic nitrogens is 3. The smallest absolute Gasteiger partial charge is 0.191 e. The predicted octanol–water partition coefficient (Wildman–Crippen LogP) is 3.62. The number of aryl methyl sites for hydroxylation is 1. The van der Waals surface area contributed by atoms with Crippen molar-refractivity contribution in [2.24, 2.45) is 4.99 Å². The van der Waals surface area contributed by atoms with Crippen molar-refractivity contribution in [3.63, 3.8) is 0 Å². The van der Waals surface area contributed by atoms with Gasteiger partial charge in [-0.05, 0) is 24.6 Å². The lowest BCUT2D eigenvalue weighted by atomic mass is 10.2. The number of guanidine groups is 1. The van der Waals surface area contributed by atoms with Crippen LogP contribution in [0.5, 0.6) is 5.75 Å². The Morgan fingerprint density at radius 2 is 1.97 bits per heavy atom. The molecular formula is C22H27IN6O. The molecule has 0 spiro atoms. The van der Waals surface area contributed by atoms with E-state index in [0.29, 0.717) is 25.7 Å². The van der Waals surface area contributed by atoms with Gasteiger partial charge < -0.3 is 15.4 Å². The molecule has 0 saturated carbocycles. The molecule has 8 heteroatoms. The minimum Gasteiger partial charge on any atom is -0.489 e. The lowest BCUT2D eigenvalue weighted by Gasteiger charge is -2.14. The van der Waals surface area contributed by atoms with E-state index in [2.05, 4.69) is 32.2 Å². The molecule has 158 valence electrons. The van der Waals surface area contributed by atoms with Gasteiger partial charge in [-0.15, -0.1) is 24.0 Å². The van der Waals surface area contributed by atoms with Gasteiger partial charge in [-0.25, -0.2) is 9.97 Å². The van der Waals surface area contributed by atoms with Gasteiger partial charge in [0.2, 0.25) is 0 Å². The molecule has 1 aromatic carbocycles. The fourth-order valence-corrected chi connectivity index (χ4v) is 2.81. The van der Waals surface area contributed by atoms with E-state index >= 15 is 0 Å². The lowest BCUT2D eigenvalue weighted by Crippen LogP contribution is -2.36. The van der Waals surface area contributed by atoms with Crippen molar-refractivity contribution < 1.29 is 4.74 Å². The summed E-state index contributed by atoms with van der Waals surface area (Å²) < 4.78 is 7.65. The van der Waals surface area contributed by atoms with E-state index in [1.807, 2.05) is 60.3 Å². The summed E-state index contributed by atoms with van der Waals surface area (Å²) in [7, 11) is 1.75. The molecule has 0 aliphatic carbocycles. The van der Waals surface area contributed by atoms with Crippen molar-refractivity contribution >= 4 is 29.9 Å². The Labute approximate surface area is 194 Å². The van der Waals surface area contributed by atoms with E-state index in [0.717, 1.165) is 28.5 Å². The summed E-state index contributed by atoms with van der Waals surface area (Å²) >= 11 is 0. The highest BCUT2D eigenvalue weighted by atomic mass is 127. The quantitative estimate of drug-likeness (QED) is 0.206. The third kappa shape index (κ3) is 6.31. The normalized spacial score (nSPS) is 10.8. The first-order valence-electron chi connectivity index (χ1n) is 9.42. The van der Waals surface area contributed by atoms with E-state index in [1.54, 1.807) is 19.3 Å². The second kappa shape index (κ2) is 12.0. The average Bonchev–Trinajstić information content (AvgIpc) is 3.19. The second-order valence-electron chi connectivity index (χ2n) is 6.36. The van der Waals surface area contributed by atoms with Crippen LogP contribution in [0.15, 0.2) is 72.6 Å². The van der Waals surface area contributed by atoms with Gasteiger partial charge in [0, 0.05) is 44.3 Å². The van der Waals surface area contributed by atoms with Gasteiger partial charge in [-0.3, -0.25) is 9.56 Å². The van der Waals surface area contributed by atoms with Crippen LogP contribution >= 0.6 is 24.0 Å². The van der Waals surface area contributed by atoms with Gasteiger partial charge in [0.25, 0.3) is 0 Å². The van der Waals surface area contributed by atoms with Crippen LogP contribution in [0.3, 0.4) is 0 Å². The van der Waals surface area contributed by atoms with Crippen LogP contribution in [0.2, 0.25) is 0 Å². The van der Waals surface area contributed by atoms with Crippen LogP contribution in [0.1, 0.15) is 17.0 Å². The van der Waals surface area contributed by atoms with Crippen LogP contribution < -0.4 is 15.4 Å². The van der Waals surface area contributed by atoms with Crippen LogP contribution in [0.25, 0.3) is 5.82 Å². The molecule has 0 saturated heterocycles. The molecule has 3 aromatic rings. The number of para-hydroxylation sites is 1. The number of benzene rings is 1. The molecule has 0 amide bonds. The number of aliphatic imine (C=N–C) groups is 1. The lowest BCUT2D eigenvalue weighted by molar-refractivity contribution is 0.358. The molecule has 0 bridgehead atoms. The summed E-state index contributed by atoms with van der Waals surface area (Å²) in [5, 5.41) is 6.62. The minimum atomic E-state index is 0. The predicted molar refractivity (Wildman–Crippen MR) is 131 cm³/mol. The number of nitrogens with zero attached hydrogens (tertiary/aromatic N) is 4. The van der Waals surface area contributed by atoms with Crippen LogP contribution in [-0.2, 0) is 13.1 Å². The summed E-state index contributed by atoms with van der Waals surface area (Å²) in [6, 6.07) is 11.9. The largest absolute Gasteiger partial charge is 0.489 e. The van der Waals surface area contributed by atoms with Gasteiger partial charge in [0.05, 0.1) is 0 Å². The number of rotatable bonds is 8. The first-order chi connectivity index (χ1) is 14.2. The van der Waals surface area contributed by atoms with Gasteiger partial charge in [-0.2, -0.15) is 0 Å². The highest BCUT2D eigenvalue weighted by Gasteiger charge is 2.05. The minimum absolute atomic E-state index is 0. The molecule has 2 heterocycles. The fraction of sp³-hybridized carbons (Fsp3) is 0.227. The Hall–Kier alpha value is -2.88. The van der Waals surface area contributed by atoms with E-state index in [-0.39, 0.29) is 24.0 Å². The molecule has 2 aromatic heterocycles. The number of pyridine rings is 1.